The lowest BCUT2D eigenvalue weighted by atomic mass is 9.92. The summed E-state index contributed by atoms with van der Waals surface area (Å²) in [5.74, 6) is 2.96. The van der Waals surface area contributed by atoms with Crippen LogP contribution in [0.5, 0.6) is 0 Å². The molecular formula is C18H17N. The topological polar surface area (TPSA) is 3.24 Å². The zero-order valence-corrected chi connectivity index (χ0v) is 10.9. The molecule has 94 valence electrons. The molecule has 0 unspecified atom stereocenters. The molecule has 0 radical (unpaired) electrons. The number of hydrogen-bond acceptors (Lipinski definition) is 1. The molecule has 3 rings (SSSR count). The second-order valence-corrected chi connectivity index (χ2v) is 4.97. The monoisotopic (exact) mass is 247 g/mol. The molecule has 0 amide bonds. The van der Waals surface area contributed by atoms with Crippen molar-refractivity contribution >= 4 is 0 Å². The van der Waals surface area contributed by atoms with Gasteiger partial charge in [0.15, 0.2) is 0 Å². The Hall–Kier alpha value is -2.04. The van der Waals surface area contributed by atoms with Crippen LogP contribution in [0.2, 0.25) is 0 Å². The maximum atomic E-state index is 5.77. The van der Waals surface area contributed by atoms with Gasteiger partial charge in [-0.1, -0.05) is 60.5 Å². The second kappa shape index (κ2) is 5.30. The molecule has 0 saturated carbocycles. The molecule has 1 nitrogen and oxygen atoms in total. The SMILES string of the molecule is C#C[C@@H]1c2ccccc2CCN1Cc1ccccc1. The van der Waals surface area contributed by atoms with Crippen molar-refractivity contribution in [2.45, 2.75) is 19.0 Å². The fourth-order valence-corrected chi connectivity index (χ4v) is 2.80. The van der Waals surface area contributed by atoms with Crippen molar-refractivity contribution in [2.24, 2.45) is 0 Å². The largest absolute Gasteiger partial charge is 0.281 e. The number of fused-ring (bicyclic) bond motifs is 1. The Bertz CT molecular complexity index is 595. The Morgan fingerprint density at radius 2 is 1.79 bits per heavy atom. The highest BCUT2D eigenvalue weighted by Crippen LogP contribution is 2.30. The van der Waals surface area contributed by atoms with Crippen LogP contribution in [-0.2, 0) is 13.0 Å². The van der Waals surface area contributed by atoms with Gasteiger partial charge in [-0.15, -0.1) is 6.42 Å². The third-order valence-corrected chi connectivity index (χ3v) is 3.77. The highest BCUT2D eigenvalue weighted by Gasteiger charge is 2.25. The van der Waals surface area contributed by atoms with E-state index in [2.05, 4.69) is 59.4 Å². The molecule has 0 bridgehead atoms. The smallest absolute Gasteiger partial charge is 0.0973 e. The number of terminal acetylenes is 1. The van der Waals surface area contributed by atoms with Gasteiger partial charge in [0, 0.05) is 13.1 Å². The number of hydrogen-bond donors (Lipinski definition) is 0. The Balaban J connectivity index is 1.87. The first kappa shape index (κ1) is 12.0. The van der Waals surface area contributed by atoms with Crippen molar-refractivity contribution < 1.29 is 0 Å². The van der Waals surface area contributed by atoms with Gasteiger partial charge in [-0.05, 0) is 23.1 Å². The van der Waals surface area contributed by atoms with Crippen LogP contribution in [0.25, 0.3) is 0 Å². The van der Waals surface area contributed by atoms with Crippen LogP contribution >= 0.6 is 0 Å². The molecule has 0 N–H and O–H groups in total. The van der Waals surface area contributed by atoms with Gasteiger partial charge in [0.2, 0.25) is 0 Å². The van der Waals surface area contributed by atoms with E-state index in [-0.39, 0.29) is 6.04 Å². The zero-order valence-electron chi connectivity index (χ0n) is 10.9. The Labute approximate surface area is 114 Å². The van der Waals surface area contributed by atoms with E-state index >= 15 is 0 Å². The normalized spacial score (nSPS) is 18.6. The first-order valence-corrected chi connectivity index (χ1v) is 6.70. The Morgan fingerprint density at radius 3 is 2.58 bits per heavy atom. The van der Waals surface area contributed by atoms with Crippen molar-refractivity contribution in [1.29, 1.82) is 0 Å². The van der Waals surface area contributed by atoms with Gasteiger partial charge in [0.25, 0.3) is 0 Å². The molecule has 1 heteroatoms. The lowest BCUT2D eigenvalue weighted by molar-refractivity contribution is 0.217. The van der Waals surface area contributed by atoms with Crippen LogP contribution < -0.4 is 0 Å². The molecule has 1 heterocycles. The van der Waals surface area contributed by atoms with E-state index in [9.17, 15) is 0 Å². The van der Waals surface area contributed by atoms with Crippen LogP contribution in [0.3, 0.4) is 0 Å². The predicted molar refractivity (Wildman–Crippen MR) is 78.6 cm³/mol. The summed E-state index contributed by atoms with van der Waals surface area (Å²) >= 11 is 0. The molecule has 0 aromatic heterocycles. The van der Waals surface area contributed by atoms with Gasteiger partial charge in [-0.25, -0.2) is 0 Å². The number of nitrogens with zero attached hydrogens (tertiary/aromatic N) is 1. The number of benzene rings is 2. The maximum absolute atomic E-state index is 5.77. The van der Waals surface area contributed by atoms with Crippen LogP contribution in [-0.4, -0.2) is 11.4 Å². The maximum Gasteiger partial charge on any atom is 0.0973 e. The van der Waals surface area contributed by atoms with Crippen LogP contribution in [0, 0.1) is 12.3 Å². The molecule has 1 atom stereocenters. The van der Waals surface area contributed by atoms with Crippen LogP contribution in [0.4, 0.5) is 0 Å². The summed E-state index contributed by atoms with van der Waals surface area (Å²) < 4.78 is 0. The van der Waals surface area contributed by atoms with E-state index in [0.29, 0.717) is 0 Å². The van der Waals surface area contributed by atoms with E-state index in [0.717, 1.165) is 19.5 Å². The van der Waals surface area contributed by atoms with Crippen molar-refractivity contribution in [3.05, 3.63) is 71.3 Å². The Morgan fingerprint density at radius 1 is 1.05 bits per heavy atom. The first-order valence-electron chi connectivity index (χ1n) is 6.70. The van der Waals surface area contributed by atoms with Crippen molar-refractivity contribution in [3.63, 3.8) is 0 Å². The minimum Gasteiger partial charge on any atom is -0.281 e. The fourth-order valence-electron chi connectivity index (χ4n) is 2.80. The van der Waals surface area contributed by atoms with Gasteiger partial charge in [-0.2, -0.15) is 0 Å². The molecule has 0 saturated heterocycles. The highest BCUT2D eigenvalue weighted by molar-refractivity contribution is 5.37. The predicted octanol–water partition coefficient (Wildman–Crippen LogP) is 3.42. The summed E-state index contributed by atoms with van der Waals surface area (Å²) in [5.41, 5.74) is 4.02. The summed E-state index contributed by atoms with van der Waals surface area (Å²) in [4.78, 5) is 2.39. The van der Waals surface area contributed by atoms with E-state index in [4.69, 9.17) is 6.42 Å². The molecule has 0 spiro atoms. The summed E-state index contributed by atoms with van der Waals surface area (Å²) in [6.45, 7) is 1.95. The highest BCUT2D eigenvalue weighted by atomic mass is 15.2. The number of rotatable bonds is 2. The van der Waals surface area contributed by atoms with E-state index in [1.807, 2.05) is 6.07 Å². The molecule has 1 aliphatic heterocycles. The van der Waals surface area contributed by atoms with E-state index in [1.165, 1.54) is 16.7 Å². The lowest BCUT2D eigenvalue weighted by Crippen LogP contribution is -2.34. The Kier molecular flexibility index (Phi) is 3.35. The average molecular weight is 247 g/mol. The summed E-state index contributed by atoms with van der Waals surface area (Å²) in [6.07, 6.45) is 6.85. The van der Waals surface area contributed by atoms with Crippen molar-refractivity contribution in [2.75, 3.05) is 6.54 Å². The van der Waals surface area contributed by atoms with Gasteiger partial charge < -0.3 is 0 Å². The average Bonchev–Trinajstić information content (AvgIpc) is 2.48. The standard InChI is InChI=1S/C18H17N/c1-2-18-17-11-7-6-10-16(17)12-13-19(18)14-15-8-4-3-5-9-15/h1,3-11,18H,12-14H2/t18-/m1/s1. The second-order valence-electron chi connectivity index (χ2n) is 4.97. The first-order chi connectivity index (χ1) is 9.38. The zero-order chi connectivity index (χ0) is 13.1. The minimum atomic E-state index is 0.102. The van der Waals surface area contributed by atoms with Crippen molar-refractivity contribution in [3.8, 4) is 12.3 Å². The third kappa shape index (κ3) is 2.41. The molecule has 0 aliphatic carbocycles. The molecule has 1 aliphatic rings. The third-order valence-electron chi connectivity index (χ3n) is 3.77. The van der Waals surface area contributed by atoms with E-state index < -0.39 is 0 Å². The van der Waals surface area contributed by atoms with Gasteiger partial charge >= 0.3 is 0 Å². The van der Waals surface area contributed by atoms with Gasteiger partial charge in [0.05, 0.1) is 6.04 Å². The van der Waals surface area contributed by atoms with Gasteiger partial charge in [0.1, 0.15) is 0 Å². The molecule has 2 aromatic rings. The summed E-state index contributed by atoms with van der Waals surface area (Å²) in [5, 5.41) is 0. The molecular weight excluding hydrogens is 230 g/mol. The molecule has 2 aromatic carbocycles. The molecule has 19 heavy (non-hydrogen) atoms. The molecule has 0 fully saturated rings. The van der Waals surface area contributed by atoms with Crippen molar-refractivity contribution in [1.82, 2.24) is 4.90 Å². The van der Waals surface area contributed by atoms with Gasteiger partial charge in [-0.3, -0.25) is 4.90 Å². The lowest BCUT2D eigenvalue weighted by Gasteiger charge is -2.34. The summed E-state index contributed by atoms with van der Waals surface area (Å²) in [7, 11) is 0. The van der Waals surface area contributed by atoms with Crippen LogP contribution in [0.1, 0.15) is 22.7 Å². The minimum absolute atomic E-state index is 0.102. The fraction of sp³-hybridized carbons (Fsp3) is 0.222. The summed E-state index contributed by atoms with van der Waals surface area (Å²) in [6, 6.07) is 19.2. The van der Waals surface area contributed by atoms with Crippen LogP contribution in [0.15, 0.2) is 54.6 Å². The quantitative estimate of drug-likeness (QED) is 0.735. The van der Waals surface area contributed by atoms with E-state index in [1.54, 1.807) is 0 Å².